The minimum absolute atomic E-state index is 0.514. The van der Waals surface area contributed by atoms with E-state index < -0.39 is 11.2 Å². The van der Waals surface area contributed by atoms with Gasteiger partial charge in [0.25, 0.3) is 0 Å². The van der Waals surface area contributed by atoms with Gasteiger partial charge in [0.15, 0.2) is 10.7 Å². The van der Waals surface area contributed by atoms with Gasteiger partial charge in [-0.15, -0.1) is 0 Å². The summed E-state index contributed by atoms with van der Waals surface area (Å²) in [6, 6.07) is 9.70. The number of hydrogen-bond donors (Lipinski definition) is 1. The van der Waals surface area contributed by atoms with E-state index in [1.165, 1.54) is 0 Å². The molecule has 1 atom stereocenters. The van der Waals surface area contributed by atoms with Crippen molar-refractivity contribution in [3.8, 4) is 0 Å². The van der Waals surface area contributed by atoms with Crippen molar-refractivity contribution in [2.75, 3.05) is 11.5 Å². The summed E-state index contributed by atoms with van der Waals surface area (Å²) in [7, 11) is 0. The molecule has 0 bridgehead atoms. The topological polar surface area (TPSA) is 79.8 Å². The van der Waals surface area contributed by atoms with Crippen molar-refractivity contribution in [3.63, 3.8) is 0 Å². The smallest absolute Gasteiger partial charge is 0.152 e. The maximum atomic E-state index is 12.4. The van der Waals surface area contributed by atoms with Crippen molar-refractivity contribution in [2.24, 2.45) is 0 Å². The molecule has 28 heavy (non-hydrogen) atoms. The van der Waals surface area contributed by atoms with E-state index >= 15 is 0 Å². The normalized spacial score (nSPS) is 12.6. The Morgan fingerprint density at radius 3 is 2.54 bits per heavy atom. The van der Waals surface area contributed by atoms with Crippen molar-refractivity contribution in [1.82, 2.24) is 14.5 Å². The number of pyridine rings is 1. The molecule has 0 amide bonds. The van der Waals surface area contributed by atoms with Crippen LogP contribution < -0.4 is 5.73 Å². The SMILES string of the molecule is CCCCc1nc2c(N)nc(C)c(C)c2n1CCCC[S+]([O-])c1ccccc1. The van der Waals surface area contributed by atoms with E-state index in [9.17, 15) is 4.55 Å². The molecule has 150 valence electrons. The third kappa shape index (κ3) is 4.50. The number of benzene rings is 1. The van der Waals surface area contributed by atoms with Crippen LogP contribution in [0.5, 0.6) is 0 Å². The fourth-order valence-electron chi connectivity index (χ4n) is 3.51. The van der Waals surface area contributed by atoms with Gasteiger partial charge >= 0.3 is 0 Å². The number of nitrogens with two attached hydrogens (primary N) is 1. The van der Waals surface area contributed by atoms with Gasteiger partial charge in [-0.2, -0.15) is 0 Å². The zero-order chi connectivity index (χ0) is 20.1. The highest BCUT2D eigenvalue weighted by molar-refractivity contribution is 7.91. The van der Waals surface area contributed by atoms with Gasteiger partial charge in [-0.25, -0.2) is 9.97 Å². The van der Waals surface area contributed by atoms with Gasteiger partial charge in [-0.1, -0.05) is 31.5 Å². The van der Waals surface area contributed by atoms with E-state index in [4.69, 9.17) is 10.7 Å². The average molecular weight is 399 g/mol. The summed E-state index contributed by atoms with van der Waals surface area (Å²) in [5.74, 6) is 2.28. The molecule has 0 spiro atoms. The largest absolute Gasteiger partial charge is 0.611 e. The fourth-order valence-corrected chi connectivity index (χ4v) is 4.67. The van der Waals surface area contributed by atoms with Gasteiger partial charge in [0.1, 0.15) is 17.1 Å². The van der Waals surface area contributed by atoms with E-state index in [-0.39, 0.29) is 0 Å². The standard InChI is InChI=1S/C22H30N4OS/c1-4-5-13-19-25-20-21(16(2)17(3)24-22(20)23)26(19)14-9-10-15-28(27)18-11-7-6-8-12-18/h6-8,11-12H,4-5,9-10,13-15H2,1-3H3,(H2,23,24). The predicted molar refractivity (Wildman–Crippen MR) is 117 cm³/mol. The molecule has 3 rings (SSSR count). The molecule has 2 N–H and O–H groups in total. The van der Waals surface area contributed by atoms with Crippen LogP contribution in [0.3, 0.4) is 0 Å². The quantitative estimate of drug-likeness (QED) is 0.423. The molecular weight excluding hydrogens is 368 g/mol. The Balaban J connectivity index is 1.75. The van der Waals surface area contributed by atoms with Gasteiger partial charge in [0.2, 0.25) is 0 Å². The first kappa shape index (κ1) is 20.7. The van der Waals surface area contributed by atoms with E-state index in [2.05, 4.69) is 23.4 Å². The first-order chi connectivity index (χ1) is 13.5. The van der Waals surface area contributed by atoms with Crippen LogP contribution in [0.25, 0.3) is 11.0 Å². The lowest BCUT2D eigenvalue weighted by Gasteiger charge is -2.13. The Morgan fingerprint density at radius 2 is 1.82 bits per heavy atom. The number of aryl methyl sites for hydroxylation is 4. The first-order valence-corrected chi connectivity index (χ1v) is 11.4. The van der Waals surface area contributed by atoms with Gasteiger partial charge < -0.3 is 14.9 Å². The molecule has 6 heteroatoms. The number of nitrogens with zero attached hydrogens (tertiary/aromatic N) is 3. The summed E-state index contributed by atoms with van der Waals surface area (Å²) in [6.45, 7) is 7.15. The Kier molecular flexibility index (Phi) is 6.97. The van der Waals surface area contributed by atoms with Gasteiger partial charge in [0, 0.05) is 18.7 Å². The average Bonchev–Trinajstić information content (AvgIpc) is 3.07. The van der Waals surface area contributed by atoms with Crippen LogP contribution in [0.15, 0.2) is 35.2 Å². The van der Waals surface area contributed by atoms with E-state index in [1.54, 1.807) is 0 Å². The highest BCUT2D eigenvalue weighted by atomic mass is 32.2. The van der Waals surface area contributed by atoms with Crippen molar-refractivity contribution in [3.05, 3.63) is 47.4 Å². The van der Waals surface area contributed by atoms with Crippen LogP contribution >= 0.6 is 0 Å². The summed E-state index contributed by atoms with van der Waals surface area (Å²) >= 11 is -0.936. The lowest BCUT2D eigenvalue weighted by Crippen LogP contribution is -2.10. The highest BCUT2D eigenvalue weighted by Crippen LogP contribution is 2.27. The van der Waals surface area contributed by atoms with E-state index in [1.807, 2.05) is 37.3 Å². The van der Waals surface area contributed by atoms with Gasteiger partial charge in [-0.3, -0.25) is 0 Å². The molecule has 0 aliphatic rings. The third-order valence-electron chi connectivity index (χ3n) is 5.20. The summed E-state index contributed by atoms with van der Waals surface area (Å²) < 4.78 is 14.8. The number of rotatable bonds is 9. The maximum Gasteiger partial charge on any atom is 0.152 e. The number of hydrogen-bond acceptors (Lipinski definition) is 4. The third-order valence-corrected chi connectivity index (χ3v) is 6.65. The zero-order valence-corrected chi connectivity index (χ0v) is 17.9. The van der Waals surface area contributed by atoms with Crippen LogP contribution in [0, 0.1) is 13.8 Å². The molecular formula is C22H30N4OS. The van der Waals surface area contributed by atoms with Gasteiger partial charge in [0.05, 0.1) is 5.52 Å². The van der Waals surface area contributed by atoms with Crippen molar-refractivity contribution >= 4 is 28.0 Å². The number of unbranched alkanes of at least 4 members (excludes halogenated alkanes) is 2. The molecule has 0 aliphatic carbocycles. The van der Waals surface area contributed by atoms with Crippen LogP contribution in [0.1, 0.15) is 49.7 Å². The molecule has 0 radical (unpaired) electrons. The van der Waals surface area contributed by atoms with Crippen LogP contribution in [0.2, 0.25) is 0 Å². The number of imidazole rings is 1. The summed E-state index contributed by atoms with van der Waals surface area (Å²) in [5.41, 5.74) is 10.2. The van der Waals surface area contributed by atoms with Crippen LogP contribution in [0.4, 0.5) is 5.82 Å². The van der Waals surface area contributed by atoms with E-state index in [0.717, 1.165) is 71.7 Å². The summed E-state index contributed by atoms with van der Waals surface area (Å²) in [5, 5.41) is 0. The monoisotopic (exact) mass is 398 g/mol. The number of fused-ring (bicyclic) bond motifs is 1. The molecule has 0 saturated heterocycles. The molecule has 1 aromatic carbocycles. The Bertz CT molecular complexity index is 923. The van der Waals surface area contributed by atoms with Crippen molar-refractivity contribution in [1.29, 1.82) is 0 Å². The molecule has 0 fully saturated rings. The van der Waals surface area contributed by atoms with Crippen LogP contribution in [-0.2, 0) is 24.1 Å². The zero-order valence-electron chi connectivity index (χ0n) is 17.1. The second-order valence-corrected chi connectivity index (χ2v) is 8.83. The Hall–Kier alpha value is -2.05. The number of anilines is 1. The summed E-state index contributed by atoms with van der Waals surface area (Å²) in [6.07, 6.45) is 5.05. The summed E-state index contributed by atoms with van der Waals surface area (Å²) in [4.78, 5) is 10.2. The maximum absolute atomic E-state index is 12.4. The number of nitrogen functional groups attached to an aromatic ring is 1. The van der Waals surface area contributed by atoms with Crippen molar-refractivity contribution < 1.29 is 4.55 Å². The van der Waals surface area contributed by atoms with Gasteiger partial charge in [-0.05, 0) is 62.0 Å². The minimum Gasteiger partial charge on any atom is -0.611 e. The Labute approximate surface area is 170 Å². The predicted octanol–water partition coefficient (Wildman–Crippen LogP) is 4.56. The molecule has 5 nitrogen and oxygen atoms in total. The molecule has 0 saturated carbocycles. The molecule has 0 aliphatic heterocycles. The first-order valence-electron chi connectivity index (χ1n) is 10.1. The van der Waals surface area contributed by atoms with Crippen molar-refractivity contribution in [2.45, 2.75) is 64.3 Å². The highest BCUT2D eigenvalue weighted by Gasteiger charge is 2.17. The second kappa shape index (κ2) is 9.43. The lowest BCUT2D eigenvalue weighted by atomic mass is 10.2. The fraction of sp³-hybridized carbons (Fsp3) is 0.455. The van der Waals surface area contributed by atoms with Crippen LogP contribution in [-0.4, -0.2) is 24.8 Å². The lowest BCUT2D eigenvalue weighted by molar-refractivity contribution is 0.577. The molecule has 2 heterocycles. The Morgan fingerprint density at radius 1 is 1.07 bits per heavy atom. The number of aromatic nitrogens is 3. The second-order valence-electron chi connectivity index (χ2n) is 7.26. The molecule has 2 aromatic heterocycles. The minimum atomic E-state index is -0.936. The van der Waals surface area contributed by atoms with E-state index in [0.29, 0.717) is 11.6 Å². The molecule has 1 unspecified atom stereocenters. The molecule has 3 aromatic rings.